The molecule has 4 nitrogen and oxygen atoms in total. The molecule has 1 saturated heterocycles. The molecule has 140 valence electrons. The Morgan fingerprint density at radius 3 is 2.25 bits per heavy atom. The van der Waals surface area contributed by atoms with Crippen LogP contribution >= 0.6 is 0 Å². The van der Waals surface area contributed by atoms with Crippen LogP contribution < -0.4 is 0 Å². The Balaban J connectivity index is 2.67. The minimum Gasteiger partial charge on any atom is -0.462 e. The molecule has 1 unspecified atom stereocenters. The molecule has 1 rings (SSSR count). The van der Waals surface area contributed by atoms with E-state index in [0.29, 0.717) is 12.8 Å². The van der Waals surface area contributed by atoms with E-state index in [2.05, 4.69) is 26.0 Å². The molecule has 1 aliphatic rings. The summed E-state index contributed by atoms with van der Waals surface area (Å²) in [5.41, 5.74) is -0.722. The number of carbonyl (C=O) groups is 1. The second kappa shape index (κ2) is 7.57. The van der Waals surface area contributed by atoms with Gasteiger partial charge in [-0.2, -0.15) is 5.06 Å². The number of ether oxygens (including phenoxy) is 1. The number of piperidine rings is 1. The molecule has 0 radical (unpaired) electrons. The fourth-order valence-corrected chi connectivity index (χ4v) is 3.97. The summed E-state index contributed by atoms with van der Waals surface area (Å²) in [7, 11) is 0. The molecule has 0 aliphatic carbocycles. The Hall–Kier alpha value is -0.870. The monoisotopic (exact) mass is 339 g/mol. The van der Waals surface area contributed by atoms with Crippen LogP contribution in [0.5, 0.6) is 0 Å². The summed E-state index contributed by atoms with van der Waals surface area (Å²) in [5.74, 6) is -0.241. The SMILES string of the molecule is C/C=C/CC(C)(C)CC(C)C(=O)OC1CC(C)(C)N(O)C(C)(C)C1. The summed E-state index contributed by atoms with van der Waals surface area (Å²) >= 11 is 0. The van der Waals surface area contributed by atoms with Crippen LogP contribution in [0.1, 0.15) is 81.1 Å². The number of hydroxylamine groups is 2. The highest BCUT2D eigenvalue weighted by atomic mass is 16.5. The first-order valence-electron chi connectivity index (χ1n) is 9.12. The molecule has 0 spiro atoms. The highest BCUT2D eigenvalue weighted by molar-refractivity contribution is 5.72. The topological polar surface area (TPSA) is 49.8 Å². The molecule has 24 heavy (non-hydrogen) atoms. The maximum atomic E-state index is 12.5. The smallest absolute Gasteiger partial charge is 0.308 e. The lowest BCUT2D eigenvalue weighted by Crippen LogP contribution is -2.60. The van der Waals surface area contributed by atoms with E-state index >= 15 is 0 Å². The van der Waals surface area contributed by atoms with Crippen molar-refractivity contribution in [1.29, 1.82) is 0 Å². The zero-order valence-electron chi connectivity index (χ0n) is 16.8. The molecule has 1 heterocycles. The van der Waals surface area contributed by atoms with E-state index < -0.39 is 11.1 Å². The Morgan fingerprint density at radius 1 is 1.29 bits per heavy atom. The van der Waals surface area contributed by atoms with Gasteiger partial charge in [0.05, 0.1) is 5.92 Å². The minimum absolute atomic E-state index is 0.0813. The lowest BCUT2D eigenvalue weighted by molar-refractivity contribution is -0.260. The summed E-state index contributed by atoms with van der Waals surface area (Å²) in [6.45, 7) is 16.3. The van der Waals surface area contributed by atoms with Crippen LogP contribution in [-0.2, 0) is 9.53 Å². The highest BCUT2D eigenvalue weighted by Crippen LogP contribution is 2.38. The van der Waals surface area contributed by atoms with Gasteiger partial charge in [0.1, 0.15) is 6.10 Å². The predicted octanol–water partition coefficient (Wildman–Crippen LogP) is 4.96. The summed E-state index contributed by atoms with van der Waals surface area (Å²) in [4.78, 5) is 12.5. The maximum Gasteiger partial charge on any atom is 0.308 e. The first kappa shape index (κ1) is 21.2. The molecular weight excluding hydrogens is 302 g/mol. The van der Waals surface area contributed by atoms with Crippen molar-refractivity contribution in [2.24, 2.45) is 11.3 Å². The van der Waals surface area contributed by atoms with Gasteiger partial charge in [0.25, 0.3) is 0 Å². The molecule has 0 aromatic carbocycles. The van der Waals surface area contributed by atoms with Gasteiger partial charge in [0.2, 0.25) is 0 Å². The van der Waals surface area contributed by atoms with Crippen molar-refractivity contribution in [3.63, 3.8) is 0 Å². The summed E-state index contributed by atoms with van der Waals surface area (Å²) < 4.78 is 5.83. The van der Waals surface area contributed by atoms with E-state index in [0.717, 1.165) is 12.8 Å². The highest BCUT2D eigenvalue weighted by Gasteiger charge is 2.46. The predicted molar refractivity (Wildman–Crippen MR) is 97.9 cm³/mol. The normalized spacial score (nSPS) is 23.4. The minimum atomic E-state index is -0.402. The van der Waals surface area contributed by atoms with Crippen molar-refractivity contribution >= 4 is 5.97 Å². The van der Waals surface area contributed by atoms with Gasteiger partial charge >= 0.3 is 5.97 Å². The molecule has 1 aliphatic heterocycles. The first-order valence-corrected chi connectivity index (χ1v) is 9.12. The molecule has 0 amide bonds. The standard InChI is InChI=1S/C20H37NO3/c1-9-10-11-18(3,4)12-15(2)17(22)24-16-13-19(5,6)21(23)20(7,8)14-16/h9-10,15-16,23H,11-14H2,1-8H3/b10-9+. The molecule has 0 aromatic heterocycles. The first-order chi connectivity index (χ1) is 10.8. The Bertz CT molecular complexity index is 448. The maximum absolute atomic E-state index is 12.5. The van der Waals surface area contributed by atoms with E-state index in [9.17, 15) is 10.0 Å². The molecule has 1 atom stereocenters. The van der Waals surface area contributed by atoms with Gasteiger partial charge < -0.3 is 9.94 Å². The Labute approximate surface area is 148 Å². The van der Waals surface area contributed by atoms with E-state index in [1.54, 1.807) is 0 Å². The summed E-state index contributed by atoms with van der Waals surface area (Å²) in [6, 6.07) is 0. The molecular formula is C20H37NO3. The molecule has 4 heteroatoms. The number of nitrogens with zero attached hydrogens (tertiary/aromatic N) is 1. The second-order valence-electron chi connectivity index (χ2n) is 9.45. The van der Waals surface area contributed by atoms with Gasteiger partial charge in [-0.3, -0.25) is 4.79 Å². The number of hydrogen-bond acceptors (Lipinski definition) is 4. The fourth-order valence-electron chi connectivity index (χ4n) is 3.97. The fraction of sp³-hybridized carbons (Fsp3) is 0.850. The Kier molecular flexibility index (Phi) is 6.68. The van der Waals surface area contributed by atoms with Crippen LogP contribution in [0, 0.1) is 11.3 Å². The van der Waals surface area contributed by atoms with E-state index in [1.165, 1.54) is 5.06 Å². The van der Waals surface area contributed by atoms with E-state index in [-0.39, 0.29) is 23.4 Å². The molecule has 0 aromatic rings. The Morgan fingerprint density at radius 2 is 1.79 bits per heavy atom. The largest absolute Gasteiger partial charge is 0.462 e. The van der Waals surface area contributed by atoms with Gasteiger partial charge in [-0.15, -0.1) is 0 Å². The lowest BCUT2D eigenvalue weighted by Gasteiger charge is -2.51. The van der Waals surface area contributed by atoms with Crippen LogP contribution in [0.4, 0.5) is 0 Å². The van der Waals surface area contributed by atoms with E-state index in [1.807, 2.05) is 41.5 Å². The van der Waals surface area contributed by atoms with Crippen molar-refractivity contribution in [2.45, 2.75) is 98.3 Å². The third-order valence-corrected chi connectivity index (χ3v) is 5.05. The van der Waals surface area contributed by atoms with Gasteiger partial charge in [0, 0.05) is 23.9 Å². The van der Waals surface area contributed by atoms with Crippen molar-refractivity contribution in [3.8, 4) is 0 Å². The van der Waals surface area contributed by atoms with Gasteiger partial charge in [-0.1, -0.05) is 32.9 Å². The lowest BCUT2D eigenvalue weighted by atomic mass is 9.79. The van der Waals surface area contributed by atoms with Crippen molar-refractivity contribution in [1.82, 2.24) is 5.06 Å². The third-order valence-electron chi connectivity index (χ3n) is 5.05. The average Bonchev–Trinajstić information content (AvgIpc) is 2.41. The van der Waals surface area contributed by atoms with Crippen LogP contribution in [-0.4, -0.2) is 33.4 Å². The summed E-state index contributed by atoms with van der Waals surface area (Å²) in [6.07, 6.45) is 7.12. The van der Waals surface area contributed by atoms with Crippen LogP contribution in [0.2, 0.25) is 0 Å². The second-order valence-corrected chi connectivity index (χ2v) is 9.45. The number of esters is 1. The number of hydrogen-bond donors (Lipinski definition) is 1. The molecule has 0 bridgehead atoms. The van der Waals surface area contributed by atoms with E-state index in [4.69, 9.17) is 4.74 Å². The summed E-state index contributed by atoms with van der Waals surface area (Å²) in [5, 5.41) is 11.8. The quantitative estimate of drug-likeness (QED) is 0.549. The zero-order chi connectivity index (χ0) is 18.8. The van der Waals surface area contributed by atoms with Crippen LogP contribution in [0.15, 0.2) is 12.2 Å². The number of rotatable bonds is 6. The zero-order valence-corrected chi connectivity index (χ0v) is 16.8. The van der Waals surface area contributed by atoms with Crippen molar-refractivity contribution in [2.75, 3.05) is 0 Å². The van der Waals surface area contributed by atoms with Gasteiger partial charge in [0.15, 0.2) is 0 Å². The average molecular weight is 340 g/mol. The molecule has 1 fully saturated rings. The van der Waals surface area contributed by atoms with Gasteiger partial charge in [-0.25, -0.2) is 0 Å². The molecule has 0 saturated carbocycles. The van der Waals surface area contributed by atoms with Crippen molar-refractivity contribution < 1.29 is 14.7 Å². The number of allylic oxidation sites excluding steroid dienone is 2. The van der Waals surface area contributed by atoms with Gasteiger partial charge in [-0.05, 0) is 52.9 Å². The third kappa shape index (κ3) is 5.59. The van der Waals surface area contributed by atoms with Crippen LogP contribution in [0.25, 0.3) is 0 Å². The van der Waals surface area contributed by atoms with Crippen molar-refractivity contribution in [3.05, 3.63) is 12.2 Å². The number of carbonyl (C=O) groups excluding carboxylic acids is 1. The van der Waals surface area contributed by atoms with Crippen LogP contribution in [0.3, 0.4) is 0 Å². The molecule has 1 N–H and O–H groups in total.